The molecule has 8 aromatic rings. The molecule has 2 radical (unpaired) electrons. The Labute approximate surface area is 427 Å². The number of rotatable bonds is 12. The quantitative estimate of drug-likeness (QED) is 0.0536. The summed E-state index contributed by atoms with van der Waals surface area (Å²) in [5.74, 6) is -3.26. The summed E-state index contributed by atoms with van der Waals surface area (Å²) in [7, 11) is -9.34. The molecule has 0 saturated heterocycles. The van der Waals surface area contributed by atoms with E-state index >= 15 is 0 Å². The minimum absolute atomic E-state index is 0. The Hall–Kier alpha value is -7.08. The molecular formula is C42H50Cu2N10O15S2+2. The third-order valence-electron chi connectivity index (χ3n) is 8.95. The van der Waals surface area contributed by atoms with Crippen LogP contribution in [0.25, 0.3) is 0 Å². The third-order valence-corrected chi connectivity index (χ3v) is 10.6. The maximum Gasteiger partial charge on any atom is 2.00 e. The van der Waals surface area contributed by atoms with Gasteiger partial charge in [0.05, 0.1) is 47.0 Å². The third kappa shape index (κ3) is 21.2. The number of carbonyl (C=O) groups excluding carboxylic acids is 2. The predicted octanol–water partition coefficient (Wildman–Crippen LogP) is -2.90. The number of nitrogens with two attached hydrogens (primary N) is 2. The number of aromatic nitrogens is 8. The van der Waals surface area contributed by atoms with Gasteiger partial charge in [0.25, 0.3) is 0 Å². The van der Waals surface area contributed by atoms with Crippen LogP contribution in [0.2, 0.25) is 0 Å². The van der Waals surface area contributed by atoms with Gasteiger partial charge in [-0.1, -0.05) is 48.5 Å². The van der Waals surface area contributed by atoms with E-state index in [9.17, 15) is 45.7 Å². The van der Waals surface area contributed by atoms with Crippen LogP contribution in [-0.2, 0) is 91.5 Å². The van der Waals surface area contributed by atoms with Crippen LogP contribution in [0.3, 0.4) is 0 Å². The molecule has 0 amide bonds. The van der Waals surface area contributed by atoms with Crippen molar-refractivity contribution in [3.05, 3.63) is 193 Å². The second-order valence-corrected chi connectivity index (χ2v) is 16.2. The molecule has 390 valence electrons. The summed E-state index contributed by atoms with van der Waals surface area (Å²) in [4.78, 5) is 35.8. The summed E-state index contributed by atoms with van der Waals surface area (Å²) in [5.41, 5.74) is 14.3. The number of hydrogen-bond donors (Lipinski definition) is 2. The van der Waals surface area contributed by atoms with Gasteiger partial charge in [0.2, 0.25) is 0 Å². The molecule has 16 N–H and O–H groups in total. The first-order chi connectivity index (χ1) is 30.5. The SMILES string of the molecule is Nc1ccc(S(=O)(=O)[O-])cc1C(=O)[O-].Nc1ccc(S(=O)(=O)[O-])cc1C(=O)[O-].O.O.O.[Cu+2].[Cu+2].[OH3+].[OH3+].c1ccc(Cn2ccnc2)c(Cn2ccnc2)c1.c1ccc(Cn2ccnc2)c(Cn2ccnc2)c1. The molecule has 4 aromatic heterocycles. The molecule has 8 rings (SSSR count). The average Bonchev–Trinajstić information content (AvgIpc) is 4.11. The molecule has 0 fully saturated rings. The minimum Gasteiger partial charge on any atom is -0.744 e. The van der Waals surface area contributed by atoms with Gasteiger partial charge in [-0.05, 0) is 58.7 Å². The molecule has 0 unspecified atom stereocenters. The van der Waals surface area contributed by atoms with Crippen molar-refractivity contribution in [2.45, 2.75) is 36.0 Å². The molecule has 0 aliphatic heterocycles. The molecule has 0 saturated carbocycles. The molecular weight excluding hydrogens is 1080 g/mol. The van der Waals surface area contributed by atoms with Crippen LogP contribution in [0.15, 0.2) is 170 Å². The zero-order valence-electron chi connectivity index (χ0n) is 36.7. The molecule has 4 aromatic carbocycles. The predicted molar refractivity (Wildman–Crippen MR) is 245 cm³/mol. The normalized spacial score (nSPS) is 9.83. The van der Waals surface area contributed by atoms with Crippen molar-refractivity contribution >= 4 is 43.5 Å². The number of carbonyl (C=O) groups is 2. The summed E-state index contributed by atoms with van der Waals surface area (Å²) in [6, 6.07) is 22.2. The van der Waals surface area contributed by atoms with Crippen molar-refractivity contribution in [3.63, 3.8) is 0 Å². The molecule has 0 atom stereocenters. The topological polar surface area (TPSA) is 478 Å². The summed E-state index contributed by atoms with van der Waals surface area (Å²) >= 11 is 0. The van der Waals surface area contributed by atoms with E-state index in [-0.39, 0.29) is 72.9 Å². The number of imidazole rings is 4. The van der Waals surface area contributed by atoms with E-state index in [1.807, 2.05) is 50.1 Å². The van der Waals surface area contributed by atoms with Crippen molar-refractivity contribution in [2.75, 3.05) is 11.5 Å². The van der Waals surface area contributed by atoms with Gasteiger partial charge in [0, 0.05) is 98.3 Å². The fourth-order valence-corrected chi connectivity index (χ4v) is 6.77. The largest absolute Gasteiger partial charge is 2.00 e. The number of hydrogen-bond acceptors (Lipinski definition) is 16. The minimum atomic E-state index is -4.67. The molecule has 4 heterocycles. The van der Waals surface area contributed by atoms with Crippen LogP contribution in [0.5, 0.6) is 0 Å². The number of aromatic carboxylic acids is 2. The van der Waals surface area contributed by atoms with Gasteiger partial charge in [-0.3, -0.25) is 0 Å². The maximum absolute atomic E-state index is 10.5. The van der Waals surface area contributed by atoms with Gasteiger partial charge in [0.1, 0.15) is 20.2 Å². The van der Waals surface area contributed by atoms with Crippen molar-refractivity contribution < 1.29 is 107 Å². The van der Waals surface area contributed by atoms with Crippen LogP contribution in [-0.4, -0.2) is 92.5 Å². The molecule has 25 nitrogen and oxygen atoms in total. The smallest absolute Gasteiger partial charge is 0.744 e. The van der Waals surface area contributed by atoms with Crippen molar-refractivity contribution in [1.82, 2.24) is 38.2 Å². The molecule has 0 aliphatic rings. The zero-order chi connectivity index (χ0) is 46.3. The van der Waals surface area contributed by atoms with Crippen molar-refractivity contribution in [2.24, 2.45) is 0 Å². The molecule has 29 heteroatoms. The summed E-state index contributed by atoms with van der Waals surface area (Å²) < 4.78 is 71.4. The zero-order valence-corrected chi connectivity index (χ0v) is 40.2. The van der Waals surface area contributed by atoms with E-state index in [1.165, 1.54) is 22.3 Å². The number of nitrogens with zero attached hydrogens (tertiary/aromatic N) is 8. The number of nitrogen functional groups attached to an aromatic ring is 2. The van der Waals surface area contributed by atoms with Crippen molar-refractivity contribution in [3.8, 4) is 0 Å². The summed E-state index contributed by atoms with van der Waals surface area (Å²) in [5, 5.41) is 20.8. The van der Waals surface area contributed by atoms with Gasteiger partial charge in [-0.25, -0.2) is 36.8 Å². The monoisotopic (exact) mass is 1120 g/mol. The molecule has 71 heavy (non-hydrogen) atoms. The van der Waals surface area contributed by atoms with Crippen LogP contribution in [0, 0.1) is 0 Å². The van der Waals surface area contributed by atoms with Gasteiger partial charge in [-0.2, -0.15) is 0 Å². The first-order valence-electron chi connectivity index (χ1n) is 18.6. The second kappa shape index (κ2) is 31.9. The fraction of sp³-hybridized carbons (Fsp3) is 0.0952. The summed E-state index contributed by atoms with van der Waals surface area (Å²) in [6.45, 7) is 3.41. The Balaban J connectivity index is -0.000000847. The van der Waals surface area contributed by atoms with E-state index in [2.05, 4.69) is 86.7 Å². The van der Waals surface area contributed by atoms with Crippen LogP contribution in [0.1, 0.15) is 43.0 Å². The molecule has 0 bridgehead atoms. The number of carboxylic acid groups (broad SMARTS) is 2. The van der Waals surface area contributed by atoms with E-state index < -0.39 is 53.1 Å². The van der Waals surface area contributed by atoms with E-state index in [0.717, 1.165) is 50.4 Å². The standard InChI is InChI=1S/2C14H14N4.2C7H7NO5S.2Cu.5H2O/c2*1-2-4-14(10-18-8-6-16-12-18)13(3-1)9-17-7-5-15-11-17;2*8-6-2-1-4(14(11,12)13)3-5(6)7(9)10;;;;;;;/h2*1-8,11-12H,9-10H2;2*1-3H,8H2,(H,9,10)(H,11,12,13);;;5*1H2/q;;;;2*+2;;;;;/p-2. The van der Waals surface area contributed by atoms with Crippen LogP contribution < -0.4 is 21.7 Å². The van der Waals surface area contributed by atoms with E-state index in [1.54, 1.807) is 24.8 Å². The van der Waals surface area contributed by atoms with Crippen LogP contribution >= 0.6 is 0 Å². The molecule has 0 spiro atoms. The number of anilines is 2. The van der Waals surface area contributed by atoms with E-state index in [4.69, 9.17) is 11.5 Å². The Morgan fingerprint density at radius 2 is 0.704 bits per heavy atom. The molecule has 0 aliphatic carbocycles. The first-order valence-corrected chi connectivity index (χ1v) is 21.4. The Kier molecular flexibility index (Phi) is 30.7. The van der Waals surface area contributed by atoms with Gasteiger partial charge >= 0.3 is 34.1 Å². The van der Waals surface area contributed by atoms with Crippen molar-refractivity contribution in [1.29, 1.82) is 0 Å². The second-order valence-electron chi connectivity index (χ2n) is 13.5. The Morgan fingerprint density at radius 3 is 0.887 bits per heavy atom. The maximum atomic E-state index is 10.5. The Morgan fingerprint density at radius 1 is 0.465 bits per heavy atom. The van der Waals surface area contributed by atoms with Gasteiger partial charge < -0.3 is 86.0 Å². The Bertz CT molecular complexity index is 2690. The van der Waals surface area contributed by atoms with Gasteiger partial charge in [-0.15, -0.1) is 0 Å². The average molecular weight is 1130 g/mol. The number of benzene rings is 4. The van der Waals surface area contributed by atoms with Crippen LogP contribution in [0.4, 0.5) is 11.4 Å². The van der Waals surface area contributed by atoms with E-state index in [0.29, 0.717) is 12.1 Å². The summed E-state index contributed by atoms with van der Waals surface area (Å²) in [6.07, 6.45) is 22.5. The number of carboxylic acids is 2. The van der Waals surface area contributed by atoms with Gasteiger partial charge in [0.15, 0.2) is 0 Å². The fourth-order valence-electron chi connectivity index (χ4n) is 5.78. The first kappa shape index (κ1) is 68.2.